The average molecular weight is 314 g/mol. The molecular formula is C18H18O5. The van der Waals surface area contributed by atoms with E-state index in [4.69, 9.17) is 23.7 Å². The number of fused-ring (bicyclic) bond motifs is 5. The molecule has 2 heterocycles. The van der Waals surface area contributed by atoms with Crippen LogP contribution in [-0.4, -0.2) is 27.6 Å². The van der Waals surface area contributed by atoms with E-state index < -0.39 is 6.29 Å². The fourth-order valence-electron chi connectivity index (χ4n) is 3.31. The molecule has 0 bridgehead atoms. The van der Waals surface area contributed by atoms with Gasteiger partial charge in [0.05, 0.1) is 20.1 Å². The highest BCUT2D eigenvalue weighted by Crippen LogP contribution is 2.54. The van der Waals surface area contributed by atoms with Crippen LogP contribution in [0.2, 0.25) is 0 Å². The predicted octanol–water partition coefficient (Wildman–Crippen LogP) is 3.29. The Morgan fingerprint density at radius 1 is 0.783 bits per heavy atom. The number of hydrogen-bond acceptors (Lipinski definition) is 5. The van der Waals surface area contributed by atoms with Crippen molar-refractivity contribution < 1.29 is 23.7 Å². The molecular weight excluding hydrogens is 296 g/mol. The molecule has 0 saturated heterocycles. The fraction of sp³-hybridized carbons (Fsp3) is 0.333. The van der Waals surface area contributed by atoms with E-state index in [0.29, 0.717) is 0 Å². The van der Waals surface area contributed by atoms with E-state index in [2.05, 4.69) is 0 Å². The number of benzene rings is 2. The number of ether oxygens (including phenoxy) is 5. The Morgan fingerprint density at radius 2 is 1.39 bits per heavy atom. The molecule has 5 heteroatoms. The summed E-state index contributed by atoms with van der Waals surface area (Å²) in [6.07, 6.45) is -0.550. The molecule has 23 heavy (non-hydrogen) atoms. The zero-order chi connectivity index (χ0) is 16.0. The monoisotopic (exact) mass is 314 g/mol. The van der Waals surface area contributed by atoms with Gasteiger partial charge in [-0.05, 0) is 18.2 Å². The summed E-state index contributed by atoms with van der Waals surface area (Å²) in [5, 5.41) is 0. The second-order valence-electron chi connectivity index (χ2n) is 5.59. The molecule has 0 N–H and O–H groups in total. The maximum absolute atomic E-state index is 6.20. The summed E-state index contributed by atoms with van der Waals surface area (Å²) in [5.41, 5.74) is 2.07. The fourth-order valence-corrected chi connectivity index (χ4v) is 3.31. The highest BCUT2D eigenvalue weighted by molar-refractivity contribution is 5.53. The molecule has 0 saturated carbocycles. The quantitative estimate of drug-likeness (QED) is 0.870. The third-order valence-electron chi connectivity index (χ3n) is 4.46. The van der Waals surface area contributed by atoms with Gasteiger partial charge >= 0.3 is 0 Å². The number of rotatable bonds is 3. The van der Waals surface area contributed by atoms with Crippen molar-refractivity contribution in [2.75, 3.05) is 21.3 Å². The van der Waals surface area contributed by atoms with Crippen molar-refractivity contribution in [3.63, 3.8) is 0 Å². The molecule has 4 rings (SSSR count). The van der Waals surface area contributed by atoms with E-state index in [-0.39, 0.29) is 12.0 Å². The summed E-state index contributed by atoms with van der Waals surface area (Å²) in [6, 6.07) is 11.6. The molecule has 0 unspecified atom stereocenters. The van der Waals surface area contributed by atoms with Gasteiger partial charge in [-0.3, -0.25) is 0 Å². The lowest BCUT2D eigenvalue weighted by Crippen LogP contribution is -2.34. The van der Waals surface area contributed by atoms with E-state index in [1.54, 1.807) is 21.3 Å². The van der Waals surface area contributed by atoms with Gasteiger partial charge < -0.3 is 23.7 Å². The summed E-state index contributed by atoms with van der Waals surface area (Å²) >= 11 is 0. The molecule has 2 aliphatic rings. The third-order valence-corrected chi connectivity index (χ3v) is 4.46. The molecule has 2 aromatic carbocycles. The minimum atomic E-state index is -0.408. The van der Waals surface area contributed by atoms with E-state index in [0.717, 1.165) is 34.1 Å². The van der Waals surface area contributed by atoms with Crippen LogP contribution in [0.1, 0.15) is 23.1 Å². The first kappa shape index (κ1) is 14.2. The summed E-state index contributed by atoms with van der Waals surface area (Å²) in [7, 11) is 4.93. The Balaban J connectivity index is 1.80. The van der Waals surface area contributed by atoms with Crippen molar-refractivity contribution in [2.45, 2.75) is 18.3 Å². The zero-order valence-corrected chi connectivity index (χ0v) is 13.2. The first-order valence-corrected chi connectivity index (χ1v) is 7.47. The van der Waals surface area contributed by atoms with Crippen molar-refractivity contribution >= 4 is 0 Å². The van der Waals surface area contributed by atoms with Crippen LogP contribution < -0.4 is 18.9 Å². The second-order valence-corrected chi connectivity index (χ2v) is 5.59. The largest absolute Gasteiger partial charge is 0.497 e. The Morgan fingerprint density at radius 3 is 2.00 bits per heavy atom. The highest BCUT2D eigenvalue weighted by Gasteiger charge is 2.47. The zero-order valence-electron chi connectivity index (χ0n) is 13.2. The molecule has 0 radical (unpaired) electrons. The Hall–Kier alpha value is -2.40. The first-order valence-electron chi connectivity index (χ1n) is 7.47. The minimum absolute atomic E-state index is 0.0122. The Kier molecular flexibility index (Phi) is 3.31. The molecule has 120 valence electrons. The molecule has 0 fully saturated rings. The molecule has 2 aliphatic heterocycles. The van der Waals surface area contributed by atoms with E-state index >= 15 is 0 Å². The first-order chi connectivity index (χ1) is 11.2. The molecule has 2 aromatic rings. The molecule has 0 amide bonds. The maximum Gasteiger partial charge on any atom is 0.210 e. The van der Waals surface area contributed by atoms with Crippen LogP contribution in [-0.2, 0) is 4.74 Å². The summed E-state index contributed by atoms with van der Waals surface area (Å²) < 4.78 is 28.4. The van der Waals surface area contributed by atoms with E-state index in [1.807, 2.05) is 36.4 Å². The van der Waals surface area contributed by atoms with Crippen LogP contribution in [0.5, 0.6) is 23.0 Å². The highest BCUT2D eigenvalue weighted by atomic mass is 16.7. The van der Waals surface area contributed by atoms with Gasteiger partial charge in [-0.25, -0.2) is 0 Å². The Labute approximate surface area is 134 Å². The summed E-state index contributed by atoms with van der Waals surface area (Å²) in [4.78, 5) is 0. The van der Waals surface area contributed by atoms with Gasteiger partial charge in [0.1, 0.15) is 29.1 Å². The van der Waals surface area contributed by atoms with Gasteiger partial charge in [0.15, 0.2) is 0 Å². The normalized spacial score (nSPS) is 23.9. The van der Waals surface area contributed by atoms with Gasteiger partial charge in [-0.2, -0.15) is 0 Å². The van der Waals surface area contributed by atoms with Crippen molar-refractivity contribution in [1.82, 2.24) is 0 Å². The number of methoxy groups -OCH3 is 3. The van der Waals surface area contributed by atoms with Crippen molar-refractivity contribution in [2.24, 2.45) is 0 Å². The molecule has 0 aromatic heterocycles. The smallest absolute Gasteiger partial charge is 0.210 e. The van der Waals surface area contributed by atoms with Crippen LogP contribution in [0.15, 0.2) is 36.4 Å². The van der Waals surface area contributed by atoms with E-state index in [1.165, 1.54) is 0 Å². The van der Waals surface area contributed by atoms with E-state index in [9.17, 15) is 0 Å². The van der Waals surface area contributed by atoms with Gasteiger partial charge in [-0.15, -0.1) is 0 Å². The van der Waals surface area contributed by atoms with Crippen LogP contribution in [0.25, 0.3) is 0 Å². The number of hydrogen-bond donors (Lipinski definition) is 0. The SMILES string of the molecule is COc1ccc2c(c1)O[C@@H]1c3ccc(OC)cc3O[C@@H](OC)[C@H]21. The molecule has 0 aliphatic carbocycles. The summed E-state index contributed by atoms with van der Waals surface area (Å²) in [5.74, 6) is 3.05. The third kappa shape index (κ3) is 2.11. The lowest BCUT2D eigenvalue weighted by atomic mass is 9.88. The molecule has 0 spiro atoms. The van der Waals surface area contributed by atoms with Crippen LogP contribution in [0, 0.1) is 0 Å². The minimum Gasteiger partial charge on any atom is -0.497 e. The topological polar surface area (TPSA) is 46.2 Å². The van der Waals surface area contributed by atoms with Crippen LogP contribution in [0.3, 0.4) is 0 Å². The standard InChI is InChI=1S/C18H18O5/c1-19-10-4-6-12-14(8-10)22-17-13-7-5-11(20-2)9-15(13)23-18(21-3)16(12)17/h4-9,16-18H,1-3H3/t16-,17-,18-/m1/s1. The van der Waals surface area contributed by atoms with Crippen molar-refractivity contribution in [1.29, 1.82) is 0 Å². The van der Waals surface area contributed by atoms with Gasteiger partial charge in [-0.1, -0.05) is 6.07 Å². The second kappa shape index (κ2) is 5.35. The van der Waals surface area contributed by atoms with Gasteiger partial charge in [0, 0.05) is 30.4 Å². The van der Waals surface area contributed by atoms with Crippen molar-refractivity contribution in [3.05, 3.63) is 47.5 Å². The van der Waals surface area contributed by atoms with Gasteiger partial charge in [0.25, 0.3) is 0 Å². The van der Waals surface area contributed by atoms with Crippen LogP contribution in [0.4, 0.5) is 0 Å². The summed E-state index contributed by atoms with van der Waals surface area (Å²) in [6.45, 7) is 0. The van der Waals surface area contributed by atoms with Gasteiger partial charge in [0.2, 0.25) is 6.29 Å². The maximum atomic E-state index is 6.20. The lowest BCUT2D eigenvalue weighted by molar-refractivity contribution is -0.0994. The predicted molar refractivity (Wildman–Crippen MR) is 83.5 cm³/mol. The average Bonchev–Trinajstić information content (AvgIpc) is 2.99. The van der Waals surface area contributed by atoms with Crippen molar-refractivity contribution in [3.8, 4) is 23.0 Å². The molecule has 5 nitrogen and oxygen atoms in total. The molecule has 3 atom stereocenters. The lowest BCUT2D eigenvalue weighted by Gasteiger charge is -2.34. The Bertz CT molecular complexity index is 742. The van der Waals surface area contributed by atoms with Crippen LogP contribution >= 0.6 is 0 Å².